The molecule has 1 aliphatic rings. The first-order valence-electron chi connectivity index (χ1n) is 9.21. The second kappa shape index (κ2) is 8.08. The normalized spacial score (nSPS) is 14.2. The highest BCUT2D eigenvalue weighted by Crippen LogP contribution is 2.32. The largest absolute Gasteiger partial charge is 0.480 e. The lowest BCUT2D eigenvalue weighted by Gasteiger charge is -2.35. The molecule has 0 aliphatic carbocycles. The number of rotatable bonds is 4. The van der Waals surface area contributed by atoms with Gasteiger partial charge in [-0.3, -0.25) is 4.79 Å². The molecule has 1 saturated heterocycles. The van der Waals surface area contributed by atoms with Gasteiger partial charge in [0.1, 0.15) is 17.0 Å². The van der Waals surface area contributed by atoms with Crippen molar-refractivity contribution in [1.82, 2.24) is 20.3 Å². The molecule has 1 aliphatic heterocycles. The Morgan fingerprint density at radius 2 is 1.86 bits per heavy atom. The first kappa shape index (κ1) is 19.2. The summed E-state index contributed by atoms with van der Waals surface area (Å²) in [5, 5.41) is 12.8. The summed E-state index contributed by atoms with van der Waals surface area (Å²) in [4.78, 5) is 17.1. The lowest BCUT2D eigenvalue weighted by molar-refractivity contribution is 0.0745. The highest BCUT2D eigenvalue weighted by molar-refractivity contribution is 6.33. The van der Waals surface area contributed by atoms with Crippen molar-refractivity contribution in [2.24, 2.45) is 0 Å². The van der Waals surface area contributed by atoms with Crippen molar-refractivity contribution in [3.63, 3.8) is 0 Å². The van der Waals surface area contributed by atoms with E-state index >= 15 is 0 Å². The van der Waals surface area contributed by atoms with E-state index in [2.05, 4.69) is 20.3 Å². The Hall–Kier alpha value is -3.13. The standard InChI is InChI=1S/C20H20ClN5O3/c1-13-18(19(24-29-13)14-5-3-4-6-15(14)21)20(27)26-11-9-25(10-12-26)16-7-8-17(28-2)23-22-16/h3-8H,9-12H2,1-2H3. The minimum Gasteiger partial charge on any atom is -0.480 e. The van der Waals surface area contributed by atoms with E-state index in [0.29, 0.717) is 59.7 Å². The maximum absolute atomic E-state index is 13.2. The maximum Gasteiger partial charge on any atom is 0.259 e. The molecule has 1 fully saturated rings. The number of aryl methyl sites for hydroxylation is 1. The molecule has 8 nitrogen and oxygen atoms in total. The monoisotopic (exact) mass is 413 g/mol. The molecule has 2 aromatic heterocycles. The molecule has 9 heteroatoms. The van der Waals surface area contributed by atoms with E-state index in [9.17, 15) is 4.79 Å². The van der Waals surface area contributed by atoms with Gasteiger partial charge in [-0.05, 0) is 19.1 Å². The van der Waals surface area contributed by atoms with E-state index in [1.807, 2.05) is 24.3 Å². The average molecular weight is 414 g/mol. The Kier molecular flexibility index (Phi) is 5.35. The zero-order valence-corrected chi connectivity index (χ0v) is 16.9. The maximum atomic E-state index is 13.2. The minimum atomic E-state index is -0.112. The third-order valence-electron chi connectivity index (χ3n) is 4.93. The predicted octanol–water partition coefficient (Wildman–Crippen LogP) is 3.06. The fraction of sp³-hybridized carbons (Fsp3) is 0.300. The van der Waals surface area contributed by atoms with Crippen LogP contribution in [0.2, 0.25) is 5.02 Å². The first-order chi connectivity index (χ1) is 14.1. The van der Waals surface area contributed by atoms with Crippen LogP contribution in [0.15, 0.2) is 40.9 Å². The molecule has 0 unspecified atom stereocenters. The third kappa shape index (κ3) is 3.75. The van der Waals surface area contributed by atoms with E-state index < -0.39 is 0 Å². The molecular formula is C20H20ClN5O3. The number of amides is 1. The zero-order chi connectivity index (χ0) is 20.4. The van der Waals surface area contributed by atoms with Gasteiger partial charge in [-0.25, -0.2) is 0 Å². The van der Waals surface area contributed by atoms with Crippen molar-refractivity contribution in [3.05, 3.63) is 52.7 Å². The van der Waals surface area contributed by atoms with E-state index in [-0.39, 0.29) is 5.91 Å². The molecule has 0 radical (unpaired) electrons. The molecule has 3 aromatic rings. The predicted molar refractivity (Wildman–Crippen MR) is 108 cm³/mol. The molecule has 0 spiro atoms. The summed E-state index contributed by atoms with van der Waals surface area (Å²) in [6.07, 6.45) is 0. The van der Waals surface area contributed by atoms with Gasteiger partial charge >= 0.3 is 0 Å². The Morgan fingerprint density at radius 3 is 2.52 bits per heavy atom. The van der Waals surface area contributed by atoms with Crippen LogP contribution in [0.3, 0.4) is 0 Å². The highest BCUT2D eigenvalue weighted by atomic mass is 35.5. The summed E-state index contributed by atoms with van der Waals surface area (Å²) in [5.41, 5.74) is 1.61. The topological polar surface area (TPSA) is 84.6 Å². The molecule has 150 valence electrons. The van der Waals surface area contributed by atoms with Gasteiger partial charge in [0, 0.05) is 37.8 Å². The van der Waals surface area contributed by atoms with Crippen LogP contribution in [0, 0.1) is 6.92 Å². The molecule has 0 saturated carbocycles. The second-order valence-corrected chi connectivity index (χ2v) is 7.06. The second-order valence-electron chi connectivity index (χ2n) is 6.66. The van der Waals surface area contributed by atoms with Crippen molar-refractivity contribution in [3.8, 4) is 17.1 Å². The number of aromatic nitrogens is 3. The fourth-order valence-corrected chi connectivity index (χ4v) is 3.57. The molecule has 1 amide bonds. The molecule has 29 heavy (non-hydrogen) atoms. The number of anilines is 1. The summed E-state index contributed by atoms with van der Waals surface area (Å²) >= 11 is 6.30. The van der Waals surface area contributed by atoms with Crippen LogP contribution in [-0.2, 0) is 0 Å². The Morgan fingerprint density at radius 1 is 1.10 bits per heavy atom. The van der Waals surface area contributed by atoms with Crippen molar-refractivity contribution < 1.29 is 14.1 Å². The van der Waals surface area contributed by atoms with Crippen LogP contribution >= 0.6 is 11.6 Å². The van der Waals surface area contributed by atoms with E-state index in [4.69, 9.17) is 20.9 Å². The first-order valence-corrected chi connectivity index (χ1v) is 9.59. The fourth-order valence-electron chi connectivity index (χ4n) is 3.35. The SMILES string of the molecule is COc1ccc(N2CCN(C(=O)c3c(-c4ccccc4Cl)noc3C)CC2)nn1. The number of carbonyl (C=O) groups excluding carboxylic acids is 1. The molecule has 0 atom stereocenters. The van der Waals surface area contributed by atoms with Crippen LogP contribution in [0.1, 0.15) is 16.1 Å². The van der Waals surface area contributed by atoms with Gasteiger partial charge in [-0.15, -0.1) is 10.2 Å². The van der Waals surface area contributed by atoms with Crippen LogP contribution in [0.25, 0.3) is 11.3 Å². The quantitative estimate of drug-likeness (QED) is 0.649. The Bertz CT molecular complexity index is 1010. The van der Waals surface area contributed by atoms with Gasteiger partial charge in [0.25, 0.3) is 5.91 Å². The smallest absolute Gasteiger partial charge is 0.259 e. The van der Waals surface area contributed by atoms with Crippen molar-refractivity contribution >= 4 is 23.3 Å². The van der Waals surface area contributed by atoms with Gasteiger partial charge in [-0.2, -0.15) is 0 Å². The van der Waals surface area contributed by atoms with Crippen molar-refractivity contribution in [1.29, 1.82) is 0 Å². The molecule has 0 N–H and O–H groups in total. The molecule has 3 heterocycles. The van der Waals surface area contributed by atoms with E-state index in [1.165, 1.54) is 0 Å². The number of nitrogens with zero attached hydrogens (tertiary/aromatic N) is 5. The van der Waals surface area contributed by atoms with E-state index in [0.717, 1.165) is 5.82 Å². The number of hydrogen-bond acceptors (Lipinski definition) is 7. The lowest BCUT2D eigenvalue weighted by Crippen LogP contribution is -2.49. The molecule has 0 bridgehead atoms. The number of benzene rings is 1. The lowest BCUT2D eigenvalue weighted by atomic mass is 10.0. The summed E-state index contributed by atoms with van der Waals surface area (Å²) in [7, 11) is 1.55. The van der Waals surface area contributed by atoms with Gasteiger partial charge in [0.15, 0.2) is 5.82 Å². The van der Waals surface area contributed by atoms with Gasteiger partial charge < -0.3 is 19.1 Å². The van der Waals surface area contributed by atoms with Gasteiger partial charge in [0.05, 0.1) is 12.1 Å². The summed E-state index contributed by atoms with van der Waals surface area (Å²) < 4.78 is 10.4. The Labute approximate surface area is 173 Å². The average Bonchev–Trinajstić information content (AvgIpc) is 3.15. The number of methoxy groups -OCH3 is 1. The number of piperazine rings is 1. The molecule has 4 rings (SSSR count). The molecular weight excluding hydrogens is 394 g/mol. The zero-order valence-electron chi connectivity index (χ0n) is 16.1. The van der Waals surface area contributed by atoms with Crippen LogP contribution in [0.5, 0.6) is 5.88 Å². The summed E-state index contributed by atoms with van der Waals surface area (Å²) in [6.45, 7) is 4.15. The summed E-state index contributed by atoms with van der Waals surface area (Å²) in [5.74, 6) is 1.60. The highest BCUT2D eigenvalue weighted by Gasteiger charge is 2.29. The number of halogens is 1. The van der Waals surface area contributed by atoms with Crippen molar-refractivity contribution in [2.45, 2.75) is 6.92 Å². The van der Waals surface area contributed by atoms with Gasteiger partial charge in [-0.1, -0.05) is 35.0 Å². The number of hydrogen-bond donors (Lipinski definition) is 0. The van der Waals surface area contributed by atoms with Crippen LogP contribution in [-0.4, -0.2) is 59.4 Å². The number of carbonyl (C=O) groups is 1. The van der Waals surface area contributed by atoms with E-state index in [1.54, 1.807) is 31.1 Å². The van der Waals surface area contributed by atoms with Gasteiger partial charge in [0.2, 0.25) is 5.88 Å². The number of ether oxygens (including phenoxy) is 1. The van der Waals surface area contributed by atoms with Crippen molar-refractivity contribution in [2.75, 3.05) is 38.2 Å². The minimum absolute atomic E-state index is 0.112. The molecule has 1 aromatic carbocycles. The van der Waals surface area contributed by atoms with Crippen LogP contribution in [0.4, 0.5) is 5.82 Å². The Balaban J connectivity index is 1.50. The summed E-state index contributed by atoms with van der Waals surface area (Å²) in [6, 6.07) is 10.9. The van der Waals surface area contributed by atoms with Crippen LogP contribution < -0.4 is 9.64 Å². The third-order valence-corrected chi connectivity index (χ3v) is 5.26.